The monoisotopic (exact) mass is 479 g/mol. The molecular formula is C21H19F6NO3S. The van der Waals surface area contributed by atoms with Gasteiger partial charge in [-0.05, 0) is 42.8 Å². The van der Waals surface area contributed by atoms with Gasteiger partial charge in [0, 0.05) is 27.8 Å². The van der Waals surface area contributed by atoms with Crippen molar-refractivity contribution in [3.05, 3.63) is 53.6 Å². The molecule has 1 atom stereocenters. The van der Waals surface area contributed by atoms with E-state index >= 15 is 0 Å². The molecule has 1 heterocycles. The summed E-state index contributed by atoms with van der Waals surface area (Å²) in [4.78, 5) is 14.5. The highest BCUT2D eigenvalue weighted by Gasteiger charge is 2.71. The number of thioether (sulfide) groups is 1. The number of nitrogens with zero attached hydrogens (tertiary/aromatic N) is 1. The Bertz CT molecular complexity index is 977. The third-order valence-corrected chi connectivity index (χ3v) is 6.60. The van der Waals surface area contributed by atoms with Crippen molar-refractivity contribution in [2.75, 3.05) is 18.6 Å². The second kappa shape index (κ2) is 8.51. The summed E-state index contributed by atoms with van der Waals surface area (Å²) in [7, 11) is 1.46. The zero-order chi connectivity index (χ0) is 23.9. The largest absolute Gasteiger partial charge is 0.497 e. The molecule has 0 bridgehead atoms. The number of aliphatic hydroxyl groups is 1. The molecule has 0 fully saturated rings. The fraction of sp³-hybridized carbons (Fsp3) is 0.381. The van der Waals surface area contributed by atoms with Gasteiger partial charge in [-0.3, -0.25) is 4.79 Å². The number of alkyl halides is 6. The fourth-order valence-electron chi connectivity index (χ4n) is 3.36. The molecule has 1 N–H and O–H groups in total. The van der Waals surface area contributed by atoms with Crippen molar-refractivity contribution in [2.45, 2.75) is 41.4 Å². The van der Waals surface area contributed by atoms with Crippen LogP contribution in [0.2, 0.25) is 0 Å². The molecule has 1 amide bonds. The molecule has 2 aromatic rings. The molecule has 0 spiro atoms. The van der Waals surface area contributed by atoms with Gasteiger partial charge < -0.3 is 14.7 Å². The van der Waals surface area contributed by atoms with Crippen LogP contribution in [0.1, 0.15) is 29.3 Å². The summed E-state index contributed by atoms with van der Waals surface area (Å²) < 4.78 is 84.8. The molecule has 0 saturated carbocycles. The van der Waals surface area contributed by atoms with E-state index in [4.69, 9.17) is 4.74 Å². The van der Waals surface area contributed by atoms with E-state index in [1.54, 1.807) is 19.1 Å². The van der Waals surface area contributed by atoms with Crippen molar-refractivity contribution in [1.29, 1.82) is 0 Å². The first kappa shape index (κ1) is 24.2. The average molecular weight is 479 g/mol. The van der Waals surface area contributed by atoms with Crippen LogP contribution in [-0.2, 0) is 5.60 Å². The Hall–Kier alpha value is -2.40. The zero-order valence-electron chi connectivity index (χ0n) is 16.9. The van der Waals surface area contributed by atoms with E-state index < -0.39 is 29.4 Å². The van der Waals surface area contributed by atoms with E-state index in [-0.39, 0.29) is 27.9 Å². The standard InChI is InChI=1S/C21H19F6NO3S/c1-3-15-11-28(18(29)12-4-7-14(31-2)8-5-12)16-9-6-13(10-17(16)32-15)19(30,20(22,23)24)21(25,26)27/h4-10,15,30H,3,11H2,1-2H3/t15-/m0/s1. The van der Waals surface area contributed by atoms with Crippen molar-refractivity contribution in [1.82, 2.24) is 0 Å². The van der Waals surface area contributed by atoms with E-state index in [1.165, 1.54) is 24.1 Å². The molecule has 4 nitrogen and oxygen atoms in total. The van der Waals surface area contributed by atoms with Gasteiger partial charge in [0.1, 0.15) is 5.75 Å². The SMILES string of the molecule is CC[C@H]1CN(C(=O)c2ccc(OC)cc2)c2ccc(C(O)(C(F)(F)F)C(F)(F)F)cc2S1. The number of amides is 1. The number of ether oxygens (including phenoxy) is 1. The minimum absolute atomic E-state index is 0.0504. The Morgan fingerprint density at radius 3 is 2.19 bits per heavy atom. The molecule has 1 aliphatic rings. The lowest BCUT2D eigenvalue weighted by Gasteiger charge is -2.36. The lowest BCUT2D eigenvalue weighted by Crippen LogP contribution is -2.54. The Morgan fingerprint density at radius 1 is 1.09 bits per heavy atom. The molecule has 11 heteroatoms. The van der Waals surface area contributed by atoms with E-state index in [1.807, 2.05) is 0 Å². The number of carbonyl (C=O) groups is 1. The highest BCUT2D eigenvalue weighted by Crippen LogP contribution is 2.52. The number of rotatable bonds is 4. The van der Waals surface area contributed by atoms with Crippen LogP contribution in [0.5, 0.6) is 5.75 Å². The molecule has 0 radical (unpaired) electrons. The Morgan fingerprint density at radius 2 is 1.69 bits per heavy atom. The first-order valence-corrected chi connectivity index (χ1v) is 10.3. The maximum atomic E-state index is 13.3. The van der Waals surface area contributed by atoms with Gasteiger partial charge in [0.05, 0.1) is 12.8 Å². The lowest BCUT2D eigenvalue weighted by atomic mass is 9.92. The number of methoxy groups -OCH3 is 1. The number of anilines is 1. The zero-order valence-corrected chi connectivity index (χ0v) is 17.7. The first-order valence-electron chi connectivity index (χ1n) is 9.46. The predicted molar refractivity (Wildman–Crippen MR) is 107 cm³/mol. The van der Waals surface area contributed by atoms with Crippen LogP contribution in [0, 0.1) is 0 Å². The first-order chi connectivity index (χ1) is 14.8. The highest BCUT2D eigenvalue weighted by molar-refractivity contribution is 8.00. The highest BCUT2D eigenvalue weighted by atomic mass is 32.2. The summed E-state index contributed by atoms with van der Waals surface area (Å²) in [5.74, 6) is 0.0631. The molecule has 2 aromatic carbocycles. The van der Waals surface area contributed by atoms with Crippen LogP contribution < -0.4 is 9.64 Å². The second-order valence-electron chi connectivity index (χ2n) is 7.18. The van der Waals surface area contributed by atoms with Gasteiger partial charge in [-0.15, -0.1) is 11.8 Å². The molecule has 0 aromatic heterocycles. The van der Waals surface area contributed by atoms with Crippen molar-refractivity contribution < 1.29 is 41.0 Å². The van der Waals surface area contributed by atoms with Crippen molar-refractivity contribution in [2.24, 2.45) is 0 Å². The fourth-order valence-corrected chi connectivity index (χ4v) is 4.60. The summed E-state index contributed by atoms with van der Waals surface area (Å²) in [5.41, 5.74) is -5.92. The van der Waals surface area contributed by atoms with Crippen LogP contribution in [0.15, 0.2) is 47.4 Å². The van der Waals surface area contributed by atoms with Crippen LogP contribution >= 0.6 is 11.8 Å². The quantitative estimate of drug-likeness (QED) is 0.586. The van der Waals surface area contributed by atoms with Gasteiger partial charge in [0.15, 0.2) is 0 Å². The lowest BCUT2D eigenvalue weighted by molar-refractivity contribution is -0.376. The minimum atomic E-state index is -5.98. The van der Waals surface area contributed by atoms with Crippen LogP contribution in [-0.4, -0.2) is 42.3 Å². The molecule has 174 valence electrons. The van der Waals surface area contributed by atoms with E-state index in [2.05, 4.69) is 0 Å². The third-order valence-electron chi connectivity index (χ3n) is 5.21. The smallest absolute Gasteiger partial charge is 0.430 e. The number of carbonyl (C=O) groups excluding carboxylic acids is 1. The molecular weight excluding hydrogens is 460 g/mol. The third kappa shape index (κ3) is 4.15. The number of halogens is 6. The number of fused-ring (bicyclic) bond motifs is 1. The van der Waals surface area contributed by atoms with Gasteiger partial charge in [0.2, 0.25) is 0 Å². The van der Waals surface area contributed by atoms with Crippen molar-refractivity contribution in [3.8, 4) is 5.75 Å². The van der Waals surface area contributed by atoms with Gasteiger partial charge in [-0.1, -0.05) is 13.0 Å². The Kier molecular flexibility index (Phi) is 6.45. The number of benzene rings is 2. The van der Waals surface area contributed by atoms with E-state index in [9.17, 15) is 36.2 Å². The summed E-state index contributed by atoms with van der Waals surface area (Å²) in [5, 5.41) is 9.47. The summed E-state index contributed by atoms with van der Waals surface area (Å²) in [6, 6.07) is 8.40. The van der Waals surface area contributed by atoms with Gasteiger partial charge in [-0.2, -0.15) is 26.3 Å². The average Bonchev–Trinajstić information content (AvgIpc) is 2.75. The van der Waals surface area contributed by atoms with Crippen molar-refractivity contribution >= 4 is 23.4 Å². The normalized spacial score (nSPS) is 17.2. The maximum Gasteiger partial charge on any atom is 0.430 e. The maximum absolute atomic E-state index is 13.3. The molecule has 1 aliphatic heterocycles. The van der Waals surface area contributed by atoms with E-state index in [0.29, 0.717) is 24.3 Å². The van der Waals surface area contributed by atoms with Gasteiger partial charge >= 0.3 is 12.4 Å². The van der Waals surface area contributed by atoms with Gasteiger partial charge in [-0.25, -0.2) is 0 Å². The Labute approximate surface area is 184 Å². The second-order valence-corrected chi connectivity index (χ2v) is 8.52. The van der Waals surface area contributed by atoms with E-state index in [0.717, 1.165) is 17.8 Å². The molecule has 3 rings (SSSR count). The van der Waals surface area contributed by atoms with Crippen LogP contribution in [0.25, 0.3) is 0 Å². The number of hydrogen-bond acceptors (Lipinski definition) is 4. The van der Waals surface area contributed by atoms with Crippen LogP contribution in [0.3, 0.4) is 0 Å². The molecule has 0 aliphatic carbocycles. The predicted octanol–water partition coefficient (Wildman–Crippen LogP) is 5.54. The Balaban J connectivity index is 2.08. The molecule has 0 unspecified atom stereocenters. The molecule has 0 saturated heterocycles. The van der Waals surface area contributed by atoms with Gasteiger partial charge in [0.25, 0.3) is 11.5 Å². The minimum Gasteiger partial charge on any atom is -0.497 e. The summed E-state index contributed by atoms with van der Waals surface area (Å²) in [6.45, 7) is 2.02. The summed E-state index contributed by atoms with van der Waals surface area (Å²) >= 11 is 1.07. The summed E-state index contributed by atoms with van der Waals surface area (Å²) in [6.07, 6.45) is -11.5. The van der Waals surface area contributed by atoms with Crippen LogP contribution in [0.4, 0.5) is 32.0 Å². The topological polar surface area (TPSA) is 49.8 Å². The number of hydrogen-bond donors (Lipinski definition) is 1. The van der Waals surface area contributed by atoms with Crippen molar-refractivity contribution in [3.63, 3.8) is 0 Å². The molecule has 32 heavy (non-hydrogen) atoms.